The fourth-order valence-electron chi connectivity index (χ4n) is 1.96. The van der Waals surface area contributed by atoms with Crippen LogP contribution in [0.15, 0.2) is 0 Å². The van der Waals surface area contributed by atoms with Crippen molar-refractivity contribution in [2.24, 2.45) is 11.3 Å². The number of hydrogen-bond acceptors (Lipinski definition) is 2. The van der Waals surface area contributed by atoms with Gasteiger partial charge in [-0.25, -0.2) is 0 Å². The number of amides is 1. The molecule has 1 unspecified atom stereocenters. The molecule has 0 aliphatic heterocycles. The van der Waals surface area contributed by atoms with E-state index in [1.165, 1.54) is 12.8 Å². The van der Waals surface area contributed by atoms with Crippen molar-refractivity contribution in [1.82, 2.24) is 4.90 Å². The minimum absolute atomic E-state index is 0.143. The van der Waals surface area contributed by atoms with Crippen LogP contribution in [-0.4, -0.2) is 43.0 Å². The average molecular weight is 262 g/mol. The molecule has 1 aliphatic carbocycles. The molecule has 4 heteroatoms. The van der Waals surface area contributed by atoms with Gasteiger partial charge in [-0.15, -0.1) is 11.6 Å². The Hall–Kier alpha value is -0.280. The molecule has 0 spiro atoms. The first-order valence-electron chi connectivity index (χ1n) is 6.30. The van der Waals surface area contributed by atoms with E-state index >= 15 is 0 Å². The number of nitrogens with zero attached hydrogens (tertiary/aromatic N) is 1. The van der Waals surface area contributed by atoms with Crippen LogP contribution in [-0.2, 0) is 9.53 Å². The van der Waals surface area contributed by atoms with E-state index in [-0.39, 0.29) is 5.91 Å². The lowest BCUT2D eigenvalue weighted by Crippen LogP contribution is -2.48. The van der Waals surface area contributed by atoms with Crippen molar-refractivity contribution in [3.63, 3.8) is 0 Å². The Morgan fingerprint density at radius 2 is 2.12 bits per heavy atom. The lowest BCUT2D eigenvalue weighted by Gasteiger charge is -2.35. The van der Waals surface area contributed by atoms with Crippen molar-refractivity contribution < 1.29 is 9.53 Å². The van der Waals surface area contributed by atoms with E-state index in [9.17, 15) is 4.79 Å². The van der Waals surface area contributed by atoms with Crippen LogP contribution < -0.4 is 0 Å². The highest BCUT2D eigenvalue weighted by Gasteiger charge is 2.38. The van der Waals surface area contributed by atoms with E-state index in [4.69, 9.17) is 16.3 Å². The molecule has 1 atom stereocenters. The van der Waals surface area contributed by atoms with Gasteiger partial charge in [0.1, 0.15) is 0 Å². The molecule has 0 aromatic heterocycles. The van der Waals surface area contributed by atoms with Crippen molar-refractivity contribution in [3.8, 4) is 0 Å². The minimum Gasteiger partial charge on any atom is -0.383 e. The van der Waals surface area contributed by atoms with E-state index in [1.807, 2.05) is 18.7 Å². The van der Waals surface area contributed by atoms with Gasteiger partial charge in [0.05, 0.1) is 12.0 Å². The summed E-state index contributed by atoms with van der Waals surface area (Å²) in [4.78, 5) is 14.4. The number of alkyl halides is 1. The Labute approximate surface area is 109 Å². The second-order valence-electron chi connectivity index (χ2n) is 5.59. The average Bonchev–Trinajstić information content (AvgIpc) is 3.12. The van der Waals surface area contributed by atoms with Crippen molar-refractivity contribution >= 4 is 17.5 Å². The maximum Gasteiger partial charge on any atom is 0.229 e. The summed E-state index contributed by atoms with van der Waals surface area (Å²) in [5, 5.41) is 0. The fraction of sp³-hybridized carbons (Fsp3) is 0.923. The predicted octanol–water partition coefficient (Wildman–Crippen LogP) is 2.52. The zero-order valence-electron chi connectivity index (χ0n) is 11.3. The molecule has 0 radical (unpaired) electrons. The molecule has 1 rings (SSSR count). The van der Waals surface area contributed by atoms with Gasteiger partial charge in [0.15, 0.2) is 0 Å². The third-order valence-electron chi connectivity index (χ3n) is 3.51. The lowest BCUT2D eigenvalue weighted by molar-refractivity contribution is -0.142. The molecule has 3 nitrogen and oxygen atoms in total. The van der Waals surface area contributed by atoms with E-state index in [2.05, 4.69) is 6.92 Å². The largest absolute Gasteiger partial charge is 0.383 e. The van der Waals surface area contributed by atoms with Gasteiger partial charge in [-0.05, 0) is 39.5 Å². The van der Waals surface area contributed by atoms with Gasteiger partial charge in [0.25, 0.3) is 0 Å². The van der Waals surface area contributed by atoms with E-state index < -0.39 is 5.41 Å². The summed E-state index contributed by atoms with van der Waals surface area (Å²) in [6.45, 7) is 7.19. The minimum atomic E-state index is -0.488. The standard InChI is InChI=1S/C13H24ClNO2/c1-10(11-5-6-11)15(7-8-17-4)12(16)13(2,3)9-14/h10-11H,5-9H2,1-4H3. The molecular formula is C13H24ClNO2. The number of carbonyl (C=O) groups excluding carboxylic acids is 1. The van der Waals surface area contributed by atoms with Crippen molar-refractivity contribution in [2.75, 3.05) is 26.1 Å². The monoisotopic (exact) mass is 261 g/mol. The summed E-state index contributed by atoms with van der Waals surface area (Å²) in [6.07, 6.45) is 2.47. The number of rotatable bonds is 7. The maximum atomic E-state index is 12.5. The molecule has 0 heterocycles. The molecular weight excluding hydrogens is 238 g/mol. The normalized spacial score (nSPS) is 17.9. The highest BCUT2D eigenvalue weighted by molar-refractivity contribution is 6.19. The number of halogens is 1. The summed E-state index contributed by atoms with van der Waals surface area (Å²) in [7, 11) is 1.66. The van der Waals surface area contributed by atoms with Crippen LogP contribution in [0.2, 0.25) is 0 Å². The second-order valence-corrected chi connectivity index (χ2v) is 5.85. The van der Waals surface area contributed by atoms with Crippen molar-refractivity contribution in [2.45, 2.75) is 39.7 Å². The molecule has 0 saturated heterocycles. The number of carbonyl (C=O) groups is 1. The number of ether oxygens (including phenoxy) is 1. The molecule has 1 amide bonds. The van der Waals surface area contributed by atoms with Crippen LogP contribution in [0.1, 0.15) is 33.6 Å². The molecule has 1 fully saturated rings. The summed E-state index contributed by atoms with van der Waals surface area (Å²) < 4.78 is 5.09. The van der Waals surface area contributed by atoms with Crippen molar-refractivity contribution in [3.05, 3.63) is 0 Å². The first-order chi connectivity index (χ1) is 7.94. The van der Waals surface area contributed by atoms with Gasteiger partial charge in [-0.2, -0.15) is 0 Å². The molecule has 1 saturated carbocycles. The number of methoxy groups -OCH3 is 1. The Bertz CT molecular complexity index is 264. The van der Waals surface area contributed by atoms with Crippen LogP contribution in [0.25, 0.3) is 0 Å². The quantitative estimate of drug-likeness (QED) is 0.659. The highest BCUT2D eigenvalue weighted by atomic mass is 35.5. The third-order valence-corrected chi connectivity index (χ3v) is 4.17. The summed E-state index contributed by atoms with van der Waals surface area (Å²) in [5.74, 6) is 1.16. The lowest BCUT2D eigenvalue weighted by atomic mass is 9.93. The van der Waals surface area contributed by atoms with Crippen LogP contribution in [0.4, 0.5) is 0 Å². The molecule has 100 valence electrons. The molecule has 1 aliphatic rings. The Morgan fingerprint density at radius 3 is 2.53 bits per heavy atom. The number of hydrogen-bond donors (Lipinski definition) is 0. The van der Waals surface area contributed by atoms with E-state index in [0.717, 1.165) is 0 Å². The summed E-state index contributed by atoms with van der Waals surface area (Å²) in [5.41, 5.74) is -0.488. The van der Waals surface area contributed by atoms with Gasteiger partial charge in [-0.3, -0.25) is 4.79 Å². The SMILES string of the molecule is COCCN(C(=O)C(C)(C)CCl)C(C)C1CC1. The van der Waals surface area contributed by atoms with Crippen LogP contribution >= 0.6 is 11.6 Å². The maximum absolute atomic E-state index is 12.5. The summed E-state index contributed by atoms with van der Waals surface area (Å²) in [6, 6.07) is 0.306. The Balaban J connectivity index is 2.70. The molecule has 0 bridgehead atoms. The summed E-state index contributed by atoms with van der Waals surface area (Å²) >= 11 is 5.89. The fourth-order valence-corrected chi connectivity index (χ4v) is 2.07. The first kappa shape index (κ1) is 14.8. The predicted molar refractivity (Wildman–Crippen MR) is 70.3 cm³/mol. The van der Waals surface area contributed by atoms with Gasteiger partial charge in [-0.1, -0.05) is 0 Å². The van der Waals surface area contributed by atoms with Crippen LogP contribution in [0.3, 0.4) is 0 Å². The topological polar surface area (TPSA) is 29.5 Å². The first-order valence-corrected chi connectivity index (χ1v) is 6.83. The van der Waals surface area contributed by atoms with Crippen LogP contribution in [0, 0.1) is 11.3 Å². The van der Waals surface area contributed by atoms with Crippen LogP contribution in [0.5, 0.6) is 0 Å². The van der Waals surface area contributed by atoms with Crippen molar-refractivity contribution in [1.29, 1.82) is 0 Å². The Kier molecular flexibility index (Phi) is 5.26. The van der Waals surface area contributed by atoms with Gasteiger partial charge >= 0.3 is 0 Å². The van der Waals surface area contributed by atoms with Gasteiger partial charge in [0.2, 0.25) is 5.91 Å². The highest BCUT2D eigenvalue weighted by Crippen LogP contribution is 2.36. The molecule has 0 aromatic carbocycles. The molecule has 17 heavy (non-hydrogen) atoms. The van der Waals surface area contributed by atoms with E-state index in [0.29, 0.717) is 31.0 Å². The Morgan fingerprint density at radius 1 is 1.53 bits per heavy atom. The smallest absolute Gasteiger partial charge is 0.229 e. The third kappa shape index (κ3) is 3.85. The molecule has 0 aromatic rings. The van der Waals surface area contributed by atoms with Gasteiger partial charge in [0, 0.05) is 25.6 Å². The van der Waals surface area contributed by atoms with Gasteiger partial charge < -0.3 is 9.64 Å². The zero-order valence-corrected chi connectivity index (χ0v) is 12.1. The van der Waals surface area contributed by atoms with E-state index in [1.54, 1.807) is 7.11 Å². The zero-order chi connectivity index (χ0) is 13.1. The second kappa shape index (κ2) is 6.05. The molecule has 0 N–H and O–H groups in total.